The number of non-ortho nitro benzene ring substituents is 1. The van der Waals surface area contributed by atoms with E-state index in [0.717, 1.165) is 24.0 Å². The van der Waals surface area contributed by atoms with Gasteiger partial charge in [-0.3, -0.25) is 14.9 Å². The molecule has 0 saturated heterocycles. The molecule has 0 unspecified atom stereocenters. The Morgan fingerprint density at radius 2 is 2.08 bits per heavy atom. The molecule has 1 N–H and O–H groups in total. The van der Waals surface area contributed by atoms with Crippen molar-refractivity contribution >= 4 is 28.9 Å². The molecule has 1 atom stereocenters. The molecular weight excluding hydrogens is 342 g/mol. The third kappa shape index (κ3) is 3.30. The van der Waals surface area contributed by atoms with Gasteiger partial charge in [-0.2, -0.15) is 0 Å². The first-order valence-electron chi connectivity index (χ1n) is 7.92. The molecule has 1 aliphatic carbocycles. The van der Waals surface area contributed by atoms with Crippen molar-refractivity contribution in [2.24, 2.45) is 0 Å². The summed E-state index contributed by atoms with van der Waals surface area (Å²) in [6, 6.07) is 9.83. The van der Waals surface area contributed by atoms with Gasteiger partial charge in [-0.25, -0.2) is 0 Å². The largest absolute Gasteiger partial charge is 0.377 e. The first kappa shape index (κ1) is 17.2. The van der Waals surface area contributed by atoms with E-state index in [4.69, 9.17) is 11.6 Å². The van der Waals surface area contributed by atoms with Crippen LogP contribution in [0.2, 0.25) is 5.02 Å². The van der Waals surface area contributed by atoms with Crippen LogP contribution in [0.5, 0.6) is 0 Å². The maximum atomic E-state index is 12.8. The lowest BCUT2D eigenvalue weighted by molar-refractivity contribution is -0.384. The molecule has 2 aromatic carbocycles. The third-order valence-electron chi connectivity index (χ3n) is 4.44. The summed E-state index contributed by atoms with van der Waals surface area (Å²) < 4.78 is 0. The fraction of sp³-hybridized carbons (Fsp3) is 0.278. The fourth-order valence-corrected chi connectivity index (χ4v) is 3.48. The zero-order chi connectivity index (χ0) is 18.1. The Balaban J connectivity index is 1.91. The number of fused-ring (bicyclic) bond motifs is 1. The molecule has 0 fully saturated rings. The number of rotatable bonds is 4. The summed E-state index contributed by atoms with van der Waals surface area (Å²) in [5.41, 5.74) is 2.88. The first-order valence-corrected chi connectivity index (χ1v) is 8.30. The van der Waals surface area contributed by atoms with Gasteiger partial charge in [0, 0.05) is 36.9 Å². The van der Waals surface area contributed by atoms with E-state index in [-0.39, 0.29) is 23.2 Å². The maximum absolute atomic E-state index is 12.8. The van der Waals surface area contributed by atoms with Gasteiger partial charge in [0.1, 0.15) is 0 Å². The molecule has 0 aromatic heterocycles. The number of nitro benzene ring substituents is 1. The molecule has 6 nitrogen and oxygen atoms in total. The molecule has 0 bridgehead atoms. The number of halogens is 1. The van der Waals surface area contributed by atoms with Crippen molar-refractivity contribution in [2.45, 2.75) is 18.9 Å². The van der Waals surface area contributed by atoms with Crippen molar-refractivity contribution in [1.29, 1.82) is 0 Å². The zero-order valence-corrected chi connectivity index (χ0v) is 14.7. The average Bonchev–Trinajstić information content (AvgIpc) is 2.98. The number of hydrogen-bond acceptors (Lipinski definition) is 4. The van der Waals surface area contributed by atoms with Crippen LogP contribution in [0, 0.1) is 10.1 Å². The van der Waals surface area contributed by atoms with Crippen LogP contribution in [0.1, 0.15) is 33.9 Å². The summed E-state index contributed by atoms with van der Waals surface area (Å²) in [5, 5.41) is 14.7. The lowest BCUT2D eigenvalue weighted by Gasteiger charge is -2.19. The lowest BCUT2D eigenvalue weighted by atomic mass is 10.1. The minimum atomic E-state index is -0.499. The van der Waals surface area contributed by atoms with Crippen LogP contribution in [0.3, 0.4) is 0 Å². The van der Waals surface area contributed by atoms with E-state index < -0.39 is 4.92 Å². The van der Waals surface area contributed by atoms with E-state index in [1.807, 2.05) is 18.2 Å². The Kier molecular flexibility index (Phi) is 4.63. The number of anilines is 1. The predicted octanol–water partition coefficient (Wildman–Crippen LogP) is 3.73. The number of amides is 1. The number of nitro groups is 1. The van der Waals surface area contributed by atoms with Crippen LogP contribution in [0.15, 0.2) is 36.4 Å². The summed E-state index contributed by atoms with van der Waals surface area (Å²) in [6.45, 7) is 0. The van der Waals surface area contributed by atoms with Gasteiger partial charge in [0.2, 0.25) is 0 Å². The molecule has 0 heterocycles. The minimum absolute atomic E-state index is 0.106. The van der Waals surface area contributed by atoms with E-state index in [1.54, 1.807) is 25.1 Å². The van der Waals surface area contributed by atoms with Crippen LogP contribution in [-0.4, -0.2) is 24.9 Å². The van der Waals surface area contributed by atoms with Gasteiger partial charge in [-0.05, 0) is 36.1 Å². The Morgan fingerprint density at radius 1 is 1.32 bits per heavy atom. The number of hydrogen-bond donors (Lipinski definition) is 1. The van der Waals surface area contributed by atoms with E-state index in [9.17, 15) is 14.9 Å². The number of carbonyl (C=O) groups is 1. The summed E-state index contributed by atoms with van der Waals surface area (Å²) in [6.07, 6.45) is 1.56. The second kappa shape index (κ2) is 6.72. The summed E-state index contributed by atoms with van der Waals surface area (Å²) in [7, 11) is 3.59. The van der Waals surface area contributed by atoms with Crippen LogP contribution in [-0.2, 0) is 6.42 Å². The van der Waals surface area contributed by atoms with Gasteiger partial charge in [0.15, 0.2) is 0 Å². The second-order valence-corrected chi connectivity index (χ2v) is 6.63. The molecule has 0 saturated carbocycles. The molecule has 1 amide bonds. The van der Waals surface area contributed by atoms with Crippen molar-refractivity contribution in [2.75, 3.05) is 19.0 Å². The molecule has 1 aliphatic rings. The lowest BCUT2D eigenvalue weighted by Crippen LogP contribution is -2.29. The van der Waals surface area contributed by atoms with Crippen LogP contribution in [0.4, 0.5) is 11.4 Å². The smallest absolute Gasteiger partial charge is 0.270 e. The topological polar surface area (TPSA) is 75.5 Å². The maximum Gasteiger partial charge on any atom is 0.270 e. The van der Waals surface area contributed by atoms with Crippen molar-refractivity contribution in [3.63, 3.8) is 0 Å². The molecule has 7 heteroatoms. The van der Waals surface area contributed by atoms with E-state index in [2.05, 4.69) is 5.32 Å². The molecule has 130 valence electrons. The summed E-state index contributed by atoms with van der Waals surface area (Å²) in [5.74, 6) is -0.328. The monoisotopic (exact) mass is 359 g/mol. The molecule has 0 aliphatic heterocycles. The molecule has 3 rings (SSSR count). The number of nitrogens with one attached hydrogen (secondary N) is 1. The SMILES string of the molecule is CN(C)c1ccc([N+](=O)[O-])cc1C(=O)N[C@H]1CCc2c(Cl)cccc21. The Hall–Kier alpha value is -2.60. The van der Waals surface area contributed by atoms with Crippen LogP contribution >= 0.6 is 11.6 Å². The van der Waals surface area contributed by atoms with Gasteiger partial charge in [0.05, 0.1) is 16.5 Å². The standard InChI is InChI=1S/C18H18ClN3O3/c1-21(2)17-9-6-11(22(24)25)10-14(17)18(23)20-16-8-7-12-13(16)4-3-5-15(12)19/h3-6,9-10,16H,7-8H2,1-2H3,(H,20,23)/t16-/m0/s1. The van der Waals surface area contributed by atoms with Gasteiger partial charge in [-0.15, -0.1) is 0 Å². The van der Waals surface area contributed by atoms with Crippen molar-refractivity contribution in [3.05, 3.63) is 68.2 Å². The van der Waals surface area contributed by atoms with E-state index >= 15 is 0 Å². The zero-order valence-electron chi connectivity index (χ0n) is 14.0. The van der Waals surface area contributed by atoms with Gasteiger partial charge in [0.25, 0.3) is 11.6 Å². The van der Waals surface area contributed by atoms with Crippen molar-refractivity contribution in [1.82, 2.24) is 5.32 Å². The fourth-order valence-electron chi connectivity index (χ4n) is 3.21. The Morgan fingerprint density at radius 3 is 2.76 bits per heavy atom. The third-order valence-corrected chi connectivity index (χ3v) is 4.79. The number of nitrogens with zero attached hydrogens (tertiary/aromatic N) is 2. The second-order valence-electron chi connectivity index (χ2n) is 6.23. The number of carbonyl (C=O) groups excluding carboxylic acids is 1. The molecular formula is C18H18ClN3O3. The highest BCUT2D eigenvalue weighted by Crippen LogP contribution is 2.36. The Bertz CT molecular complexity index is 851. The van der Waals surface area contributed by atoms with Gasteiger partial charge < -0.3 is 10.2 Å². The van der Waals surface area contributed by atoms with E-state index in [0.29, 0.717) is 10.7 Å². The van der Waals surface area contributed by atoms with E-state index in [1.165, 1.54) is 12.1 Å². The van der Waals surface area contributed by atoms with Crippen LogP contribution in [0.25, 0.3) is 0 Å². The molecule has 25 heavy (non-hydrogen) atoms. The molecule has 2 aromatic rings. The molecule has 0 spiro atoms. The first-order chi connectivity index (χ1) is 11.9. The minimum Gasteiger partial charge on any atom is -0.377 e. The quantitative estimate of drug-likeness (QED) is 0.666. The normalized spacial score (nSPS) is 15.6. The Labute approximate surface area is 150 Å². The highest BCUT2D eigenvalue weighted by molar-refractivity contribution is 6.31. The van der Waals surface area contributed by atoms with Crippen molar-refractivity contribution < 1.29 is 9.72 Å². The van der Waals surface area contributed by atoms with Crippen LogP contribution < -0.4 is 10.2 Å². The summed E-state index contributed by atoms with van der Waals surface area (Å²) in [4.78, 5) is 25.1. The average molecular weight is 360 g/mol. The molecule has 0 radical (unpaired) electrons. The highest BCUT2D eigenvalue weighted by Gasteiger charge is 2.27. The van der Waals surface area contributed by atoms with Gasteiger partial charge in [-0.1, -0.05) is 23.7 Å². The highest BCUT2D eigenvalue weighted by atomic mass is 35.5. The summed E-state index contributed by atoms with van der Waals surface area (Å²) >= 11 is 6.22. The predicted molar refractivity (Wildman–Crippen MR) is 97.4 cm³/mol. The van der Waals surface area contributed by atoms with Gasteiger partial charge >= 0.3 is 0 Å². The van der Waals surface area contributed by atoms with Crippen molar-refractivity contribution in [3.8, 4) is 0 Å². The number of benzene rings is 2.